The predicted octanol–water partition coefficient (Wildman–Crippen LogP) is 2.21. The first kappa shape index (κ1) is 17.7. The fraction of sp³-hybridized carbons (Fsp3) is 0.500. The van der Waals surface area contributed by atoms with E-state index in [1.54, 1.807) is 6.20 Å². The van der Waals surface area contributed by atoms with E-state index in [-0.39, 0.29) is 18.3 Å². The van der Waals surface area contributed by atoms with Crippen LogP contribution < -0.4 is 11.1 Å². The number of halogens is 1. The Balaban J connectivity index is 0.00000192. The molecule has 1 amide bonds. The Morgan fingerprint density at radius 3 is 3.09 bits per heavy atom. The number of amides is 1. The van der Waals surface area contributed by atoms with Gasteiger partial charge < -0.3 is 11.1 Å². The fourth-order valence-electron chi connectivity index (χ4n) is 2.95. The molecule has 126 valence electrons. The highest BCUT2D eigenvalue weighted by molar-refractivity contribution is 7.15. The molecular weight excluding hydrogens is 336 g/mol. The van der Waals surface area contributed by atoms with Gasteiger partial charge in [-0.2, -0.15) is 5.10 Å². The lowest BCUT2D eigenvalue weighted by molar-refractivity contribution is -0.114. The zero-order valence-corrected chi connectivity index (χ0v) is 14.5. The Morgan fingerprint density at radius 1 is 1.57 bits per heavy atom. The van der Waals surface area contributed by atoms with E-state index >= 15 is 0 Å². The first-order valence-corrected chi connectivity index (χ1v) is 8.17. The maximum Gasteiger partial charge on any atom is 0.221 e. The van der Waals surface area contributed by atoms with E-state index < -0.39 is 0 Å². The van der Waals surface area contributed by atoms with Crippen LogP contribution in [0.4, 0.5) is 10.8 Å². The van der Waals surface area contributed by atoms with Gasteiger partial charge in [0.2, 0.25) is 5.91 Å². The van der Waals surface area contributed by atoms with Gasteiger partial charge in [0.05, 0.1) is 17.6 Å². The van der Waals surface area contributed by atoms with Crippen molar-refractivity contribution in [2.24, 2.45) is 0 Å². The third-order valence-electron chi connectivity index (χ3n) is 3.84. The number of thiazole rings is 1. The molecule has 23 heavy (non-hydrogen) atoms. The lowest BCUT2D eigenvalue weighted by atomic mass is 9.94. The van der Waals surface area contributed by atoms with Crippen LogP contribution in [0, 0.1) is 0 Å². The van der Waals surface area contributed by atoms with Crippen molar-refractivity contribution < 1.29 is 4.79 Å². The predicted molar refractivity (Wildman–Crippen MR) is 93.9 cm³/mol. The molecule has 1 unspecified atom stereocenters. The van der Waals surface area contributed by atoms with E-state index in [1.807, 2.05) is 6.20 Å². The van der Waals surface area contributed by atoms with Gasteiger partial charge in [0.1, 0.15) is 0 Å². The first-order chi connectivity index (χ1) is 10.6. The van der Waals surface area contributed by atoms with E-state index in [0.717, 1.165) is 43.9 Å². The molecule has 0 bridgehead atoms. The molecule has 1 aliphatic rings. The topological polar surface area (TPSA) is 99.9 Å². The number of nitrogens with two attached hydrogens (primary N) is 1. The monoisotopic (exact) mass is 356 g/mol. The van der Waals surface area contributed by atoms with Crippen LogP contribution in [-0.2, 0) is 11.3 Å². The maximum atomic E-state index is 11.3. The second-order valence-corrected chi connectivity index (χ2v) is 6.76. The zero-order chi connectivity index (χ0) is 15.5. The summed E-state index contributed by atoms with van der Waals surface area (Å²) >= 11 is 1.54. The summed E-state index contributed by atoms with van der Waals surface area (Å²) in [6.45, 7) is 4.39. The van der Waals surface area contributed by atoms with Gasteiger partial charge in [-0.3, -0.25) is 14.8 Å². The zero-order valence-electron chi connectivity index (χ0n) is 12.9. The number of carbonyl (C=O) groups is 1. The largest absolute Gasteiger partial charge is 0.375 e. The summed E-state index contributed by atoms with van der Waals surface area (Å²) in [5.74, 6) is 0.277. The van der Waals surface area contributed by atoms with Crippen LogP contribution in [0.3, 0.4) is 0 Å². The molecule has 3 rings (SSSR count). The molecule has 3 heterocycles. The van der Waals surface area contributed by atoms with Gasteiger partial charge in [-0.15, -0.1) is 23.7 Å². The minimum absolute atomic E-state index is 0. The van der Waals surface area contributed by atoms with Gasteiger partial charge in [0.15, 0.2) is 5.13 Å². The number of piperidine rings is 1. The lowest BCUT2D eigenvalue weighted by Crippen LogP contribution is -2.34. The molecule has 9 heteroatoms. The summed E-state index contributed by atoms with van der Waals surface area (Å²) in [5.41, 5.74) is 7.50. The summed E-state index contributed by atoms with van der Waals surface area (Å²) in [4.78, 5) is 19.0. The van der Waals surface area contributed by atoms with Crippen molar-refractivity contribution in [2.45, 2.75) is 32.2 Å². The highest BCUT2D eigenvalue weighted by Crippen LogP contribution is 2.31. The van der Waals surface area contributed by atoms with Crippen LogP contribution in [-0.4, -0.2) is 39.1 Å². The number of nitrogens with one attached hydrogen (secondary N) is 2. The van der Waals surface area contributed by atoms with Gasteiger partial charge in [-0.25, -0.2) is 4.98 Å². The molecule has 2 aromatic heterocycles. The highest BCUT2D eigenvalue weighted by atomic mass is 35.5. The fourth-order valence-corrected chi connectivity index (χ4v) is 3.67. The van der Waals surface area contributed by atoms with Crippen LogP contribution in [0.5, 0.6) is 0 Å². The average Bonchev–Trinajstić information content (AvgIpc) is 3.08. The van der Waals surface area contributed by atoms with Gasteiger partial charge in [0.25, 0.3) is 0 Å². The van der Waals surface area contributed by atoms with Crippen molar-refractivity contribution in [2.75, 3.05) is 24.1 Å². The van der Waals surface area contributed by atoms with Gasteiger partial charge >= 0.3 is 0 Å². The van der Waals surface area contributed by atoms with Crippen molar-refractivity contribution in [3.8, 4) is 0 Å². The van der Waals surface area contributed by atoms with Crippen LogP contribution in [0.25, 0.3) is 0 Å². The van der Waals surface area contributed by atoms with Crippen molar-refractivity contribution >= 4 is 40.5 Å². The molecule has 1 atom stereocenters. The van der Waals surface area contributed by atoms with Crippen LogP contribution in [0.1, 0.15) is 36.3 Å². The Bertz CT molecular complexity index is 657. The Labute approximate surface area is 145 Å². The van der Waals surface area contributed by atoms with E-state index in [0.29, 0.717) is 11.0 Å². The summed E-state index contributed by atoms with van der Waals surface area (Å²) in [6.07, 6.45) is 5.75. The molecule has 7 nitrogen and oxygen atoms in total. The van der Waals surface area contributed by atoms with E-state index in [4.69, 9.17) is 5.73 Å². The molecule has 1 saturated heterocycles. The number of aromatic nitrogens is 3. The van der Waals surface area contributed by atoms with Crippen molar-refractivity contribution in [1.29, 1.82) is 0 Å². The van der Waals surface area contributed by atoms with Gasteiger partial charge in [0, 0.05) is 37.0 Å². The minimum atomic E-state index is -0.0737. The minimum Gasteiger partial charge on any atom is -0.375 e. The van der Waals surface area contributed by atoms with E-state index in [2.05, 4.69) is 25.4 Å². The molecule has 0 saturated carbocycles. The molecule has 4 N–H and O–H groups in total. The number of rotatable bonds is 4. The van der Waals surface area contributed by atoms with Gasteiger partial charge in [-0.05, 0) is 19.4 Å². The third kappa shape index (κ3) is 4.43. The first-order valence-electron chi connectivity index (χ1n) is 7.35. The molecule has 1 fully saturated rings. The third-order valence-corrected chi connectivity index (χ3v) is 4.66. The Hall–Kier alpha value is -1.64. The van der Waals surface area contributed by atoms with Crippen molar-refractivity contribution in [3.63, 3.8) is 0 Å². The van der Waals surface area contributed by atoms with Crippen molar-refractivity contribution in [3.05, 3.63) is 23.0 Å². The number of likely N-dealkylation sites (tertiary alicyclic amines) is 1. The Kier molecular flexibility index (Phi) is 5.97. The standard InChI is InChI=1S/C14H20N6OS.ClH/c1-9(21)18-12-6-17-19-13(12)10-3-2-4-20(7-10)8-11-5-16-14(15)22-11;/h5-6,10H,2-4,7-8H2,1H3,(H2,15,16)(H,17,19)(H,18,21);1H. The molecular formula is C14H21ClN6OS. The SMILES string of the molecule is CC(=O)Nc1cn[nH]c1C1CCCN(Cc2cnc(N)s2)C1.Cl. The van der Waals surface area contributed by atoms with Crippen LogP contribution in [0.15, 0.2) is 12.4 Å². The smallest absolute Gasteiger partial charge is 0.221 e. The van der Waals surface area contributed by atoms with E-state index in [9.17, 15) is 4.79 Å². The molecule has 0 aromatic carbocycles. The molecule has 0 aliphatic carbocycles. The summed E-state index contributed by atoms with van der Waals surface area (Å²) in [6, 6.07) is 0. The number of nitrogen functional groups attached to an aromatic ring is 1. The average molecular weight is 357 g/mol. The molecule has 1 aliphatic heterocycles. The number of aromatic amines is 1. The number of hydrogen-bond acceptors (Lipinski definition) is 6. The van der Waals surface area contributed by atoms with Gasteiger partial charge in [-0.1, -0.05) is 0 Å². The normalized spacial score (nSPS) is 18.4. The number of H-pyrrole nitrogens is 1. The van der Waals surface area contributed by atoms with Crippen molar-refractivity contribution in [1.82, 2.24) is 20.1 Å². The van der Waals surface area contributed by atoms with Crippen LogP contribution in [0.2, 0.25) is 0 Å². The van der Waals surface area contributed by atoms with E-state index in [1.165, 1.54) is 23.1 Å². The number of carbonyl (C=O) groups excluding carboxylic acids is 1. The Morgan fingerprint density at radius 2 is 2.39 bits per heavy atom. The molecule has 0 spiro atoms. The summed E-state index contributed by atoms with van der Waals surface area (Å²) < 4.78 is 0. The molecule has 0 radical (unpaired) electrons. The number of anilines is 2. The van der Waals surface area contributed by atoms with Crippen LogP contribution >= 0.6 is 23.7 Å². The number of hydrogen-bond donors (Lipinski definition) is 3. The summed E-state index contributed by atoms with van der Waals surface area (Å²) in [5, 5.41) is 10.6. The quantitative estimate of drug-likeness (QED) is 0.779. The highest BCUT2D eigenvalue weighted by Gasteiger charge is 2.25. The number of nitrogens with zero attached hydrogens (tertiary/aromatic N) is 3. The second-order valence-electron chi connectivity index (χ2n) is 5.62. The summed E-state index contributed by atoms with van der Waals surface area (Å²) in [7, 11) is 0. The second kappa shape index (κ2) is 7.76. The molecule has 2 aromatic rings. The maximum absolute atomic E-state index is 11.3. The lowest BCUT2D eigenvalue weighted by Gasteiger charge is -2.32.